The van der Waals surface area contributed by atoms with Gasteiger partial charge in [-0.1, -0.05) is 24.3 Å². The average Bonchev–Trinajstić information content (AvgIpc) is 3.20. The van der Waals surface area contributed by atoms with E-state index in [1.807, 2.05) is 36.4 Å². The number of rotatable bonds is 6. The molecule has 1 amide bonds. The summed E-state index contributed by atoms with van der Waals surface area (Å²) < 4.78 is 22.1. The predicted octanol–water partition coefficient (Wildman–Crippen LogP) is 5.49. The van der Waals surface area contributed by atoms with Gasteiger partial charge in [0.15, 0.2) is 28.6 Å². The first kappa shape index (κ1) is 18.4. The van der Waals surface area contributed by atoms with E-state index in [-0.39, 0.29) is 11.7 Å². The number of furan rings is 1. The highest BCUT2D eigenvalue weighted by Crippen LogP contribution is 2.32. The van der Waals surface area contributed by atoms with Crippen molar-refractivity contribution in [2.75, 3.05) is 19.5 Å². The van der Waals surface area contributed by atoms with Gasteiger partial charge in [0.2, 0.25) is 0 Å². The number of carbonyl (C=O) groups is 1. The van der Waals surface area contributed by atoms with Crippen LogP contribution in [0.5, 0.6) is 23.0 Å². The summed E-state index contributed by atoms with van der Waals surface area (Å²) in [6.07, 6.45) is 0. The number of hydrogen-bond acceptors (Lipinski definition) is 5. The van der Waals surface area contributed by atoms with E-state index in [1.54, 1.807) is 50.6 Å². The first-order valence-electron chi connectivity index (χ1n) is 8.97. The van der Waals surface area contributed by atoms with Crippen molar-refractivity contribution in [3.63, 3.8) is 0 Å². The van der Waals surface area contributed by atoms with Gasteiger partial charge in [-0.15, -0.1) is 0 Å². The number of amides is 1. The largest absolute Gasteiger partial charge is 0.493 e. The van der Waals surface area contributed by atoms with Gasteiger partial charge in [-0.25, -0.2) is 0 Å². The van der Waals surface area contributed by atoms with Crippen LogP contribution in [0.4, 0.5) is 5.69 Å². The number of nitrogens with one attached hydrogen (secondary N) is 1. The number of anilines is 1. The summed E-state index contributed by atoms with van der Waals surface area (Å²) in [6.45, 7) is 0. The van der Waals surface area contributed by atoms with Gasteiger partial charge in [0.1, 0.15) is 5.75 Å². The molecule has 0 radical (unpaired) electrons. The molecule has 4 rings (SSSR count). The van der Waals surface area contributed by atoms with E-state index in [4.69, 9.17) is 18.6 Å². The Kier molecular flexibility index (Phi) is 5.07. The van der Waals surface area contributed by atoms with E-state index in [0.29, 0.717) is 34.3 Å². The molecular formula is C23H19NO5. The maximum atomic E-state index is 12.5. The van der Waals surface area contributed by atoms with Gasteiger partial charge in [-0.2, -0.15) is 0 Å². The van der Waals surface area contributed by atoms with Crippen molar-refractivity contribution in [3.05, 3.63) is 78.6 Å². The molecule has 146 valence electrons. The summed E-state index contributed by atoms with van der Waals surface area (Å²) in [4.78, 5) is 12.5. The lowest BCUT2D eigenvalue weighted by Crippen LogP contribution is -2.10. The quantitative estimate of drug-likeness (QED) is 0.472. The summed E-state index contributed by atoms with van der Waals surface area (Å²) in [5.74, 6) is 2.33. The molecule has 0 saturated heterocycles. The monoisotopic (exact) mass is 389 g/mol. The minimum absolute atomic E-state index is 0.207. The smallest absolute Gasteiger partial charge is 0.291 e. The Hall–Kier alpha value is -3.93. The van der Waals surface area contributed by atoms with Gasteiger partial charge < -0.3 is 23.9 Å². The molecule has 1 heterocycles. The van der Waals surface area contributed by atoms with Crippen molar-refractivity contribution >= 4 is 22.6 Å². The van der Waals surface area contributed by atoms with Gasteiger partial charge in [0.05, 0.1) is 14.2 Å². The number of hydrogen-bond donors (Lipinski definition) is 1. The molecule has 0 aliphatic carbocycles. The second-order valence-electron chi connectivity index (χ2n) is 6.22. The fraction of sp³-hybridized carbons (Fsp3) is 0.0870. The summed E-state index contributed by atoms with van der Waals surface area (Å²) in [5.41, 5.74) is 1.16. The lowest BCUT2D eigenvalue weighted by atomic mass is 10.2. The average molecular weight is 389 g/mol. The second-order valence-corrected chi connectivity index (χ2v) is 6.22. The van der Waals surface area contributed by atoms with E-state index in [9.17, 15) is 4.79 Å². The second kappa shape index (κ2) is 7.98. The van der Waals surface area contributed by atoms with Crippen LogP contribution in [0.1, 0.15) is 10.6 Å². The topological polar surface area (TPSA) is 69.9 Å². The van der Waals surface area contributed by atoms with E-state index in [0.717, 1.165) is 5.39 Å². The van der Waals surface area contributed by atoms with E-state index < -0.39 is 0 Å². The third-order valence-corrected chi connectivity index (χ3v) is 4.36. The van der Waals surface area contributed by atoms with Gasteiger partial charge in [0, 0.05) is 11.1 Å². The van der Waals surface area contributed by atoms with Crippen molar-refractivity contribution in [3.8, 4) is 23.0 Å². The molecule has 0 atom stereocenters. The molecule has 4 aromatic rings. The van der Waals surface area contributed by atoms with Crippen molar-refractivity contribution < 1.29 is 23.4 Å². The number of para-hydroxylation sites is 3. The van der Waals surface area contributed by atoms with Crippen LogP contribution < -0.4 is 19.5 Å². The number of benzene rings is 3. The Morgan fingerprint density at radius 3 is 2.24 bits per heavy atom. The van der Waals surface area contributed by atoms with Crippen LogP contribution in [0, 0.1) is 0 Å². The zero-order chi connectivity index (χ0) is 20.2. The van der Waals surface area contributed by atoms with E-state index in [2.05, 4.69) is 5.32 Å². The summed E-state index contributed by atoms with van der Waals surface area (Å²) in [5, 5.41) is 3.62. The van der Waals surface area contributed by atoms with Crippen LogP contribution in [-0.4, -0.2) is 20.1 Å². The Morgan fingerprint density at radius 2 is 1.52 bits per heavy atom. The van der Waals surface area contributed by atoms with Gasteiger partial charge in [0.25, 0.3) is 5.91 Å². The molecule has 0 bridgehead atoms. The molecule has 0 saturated carbocycles. The molecular weight excluding hydrogens is 370 g/mol. The Bertz CT molecular complexity index is 1150. The van der Waals surface area contributed by atoms with Crippen molar-refractivity contribution in [1.29, 1.82) is 0 Å². The standard InChI is InChI=1S/C23H19NO5/c1-26-18-7-3-4-8-19(18)28-17-12-10-16(11-13-17)24-23(25)21-14-15-6-5-9-20(27-2)22(15)29-21/h3-14H,1-2H3,(H,24,25). The molecule has 0 aliphatic rings. The Morgan fingerprint density at radius 1 is 0.828 bits per heavy atom. The molecule has 0 unspecified atom stereocenters. The maximum absolute atomic E-state index is 12.5. The summed E-state index contributed by atoms with van der Waals surface area (Å²) >= 11 is 0. The molecule has 1 aromatic heterocycles. The van der Waals surface area contributed by atoms with Crippen LogP contribution in [-0.2, 0) is 0 Å². The fourth-order valence-corrected chi connectivity index (χ4v) is 2.94. The molecule has 1 N–H and O–H groups in total. The lowest BCUT2D eigenvalue weighted by molar-refractivity contribution is 0.0998. The Labute approximate surface area is 167 Å². The predicted molar refractivity (Wildman–Crippen MR) is 110 cm³/mol. The molecule has 0 aliphatic heterocycles. The Balaban J connectivity index is 1.48. The third kappa shape index (κ3) is 3.87. The molecule has 6 nitrogen and oxygen atoms in total. The number of methoxy groups -OCH3 is 2. The highest BCUT2D eigenvalue weighted by molar-refractivity contribution is 6.05. The van der Waals surface area contributed by atoms with E-state index >= 15 is 0 Å². The highest BCUT2D eigenvalue weighted by atomic mass is 16.5. The molecule has 3 aromatic carbocycles. The fourth-order valence-electron chi connectivity index (χ4n) is 2.94. The third-order valence-electron chi connectivity index (χ3n) is 4.36. The van der Waals surface area contributed by atoms with Crippen molar-refractivity contribution in [2.24, 2.45) is 0 Å². The number of carbonyl (C=O) groups excluding carboxylic acids is 1. The zero-order valence-corrected chi connectivity index (χ0v) is 16.0. The van der Waals surface area contributed by atoms with Crippen LogP contribution in [0.15, 0.2) is 77.2 Å². The summed E-state index contributed by atoms with van der Waals surface area (Å²) in [6, 6.07) is 21.6. The number of fused-ring (bicyclic) bond motifs is 1. The van der Waals surface area contributed by atoms with Crippen molar-refractivity contribution in [2.45, 2.75) is 0 Å². The maximum Gasteiger partial charge on any atom is 0.291 e. The first-order chi connectivity index (χ1) is 14.2. The minimum atomic E-state index is -0.346. The molecule has 0 spiro atoms. The first-order valence-corrected chi connectivity index (χ1v) is 8.97. The lowest BCUT2D eigenvalue weighted by Gasteiger charge is -2.10. The minimum Gasteiger partial charge on any atom is -0.493 e. The molecule has 29 heavy (non-hydrogen) atoms. The van der Waals surface area contributed by atoms with Crippen LogP contribution >= 0.6 is 0 Å². The number of ether oxygens (including phenoxy) is 3. The van der Waals surface area contributed by atoms with Gasteiger partial charge in [-0.3, -0.25) is 4.79 Å². The van der Waals surface area contributed by atoms with Crippen LogP contribution in [0.2, 0.25) is 0 Å². The van der Waals surface area contributed by atoms with Crippen LogP contribution in [0.25, 0.3) is 11.0 Å². The van der Waals surface area contributed by atoms with Crippen LogP contribution in [0.3, 0.4) is 0 Å². The SMILES string of the molecule is COc1ccccc1Oc1ccc(NC(=O)c2cc3cccc(OC)c3o2)cc1. The highest BCUT2D eigenvalue weighted by Gasteiger charge is 2.15. The summed E-state index contributed by atoms with van der Waals surface area (Å²) in [7, 11) is 3.15. The van der Waals surface area contributed by atoms with Crippen molar-refractivity contribution in [1.82, 2.24) is 0 Å². The molecule has 6 heteroatoms. The normalized spacial score (nSPS) is 10.6. The molecule has 0 fully saturated rings. The van der Waals surface area contributed by atoms with Gasteiger partial charge >= 0.3 is 0 Å². The van der Waals surface area contributed by atoms with Gasteiger partial charge in [-0.05, 0) is 48.5 Å². The zero-order valence-electron chi connectivity index (χ0n) is 16.0. The van der Waals surface area contributed by atoms with E-state index in [1.165, 1.54) is 0 Å².